The van der Waals surface area contributed by atoms with Crippen molar-refractivity contribution in [1.29, 1.82) is 0 Å². The average molecular weight is 279 g/mol. The van der Waals surface area contributed by atoms with Crippen molar-refractivity contribution in [3.05, 3.63) is 29.3 Å². The molecule has 0 fully saturated rings. The molecule has 1 aromatic rings. The zero-order chi connectivity index (χ0) is 13.9. The van der Waals surface area contributed by atoms with E-state index >= 15 is 0 Å². The molecule has 1 atom stereocenters. The van der Waals surface area contributed by atoms with Crippen LogP contribution in [0.2, 0.25) is 0 Å². The van der Waals surface area contributed by atoms with E-state index in [0.29, 0.717) is 6.04 Å². The van der Waals surface area contributed by atoms with Crippen LogP contribution < -0.4 is 10.1 Å². The lowest BCUT2D eigenvalue weighted by Gasteiger charge is -2.26. The van der Waals surface area contributed by atoms with E-state index in [-0.39, 0.29) is 4.75 Å². The Labute approximate surface area is 121 Å². The van der Waals surface area contributed by atoms with Gasteiger partial charge in [-0.3, -0.25) is 0 Å². The van der Waals surface area contributed by atoms with Gasteiger partial charge in [0.15, 0.2) is 0 Å². The standard InChI is InChI=1S/C16H25NOS/c1-5-14(17-11-16(2,3)19-4)12-6-7-15-13(10-12)8-9-18-15/h6-7,10,14,17H,5,8-9,11H2,1-4H3. The highest BCUT2D eigenvalue weighted by Crippen LogP contribution is 2.29. The molecule has 0 saturated carbocycles. The summed E-state index contributed by atoms with van der Waals surface area (Å²) in [5.41, 5.74) is 2.76. The van der Waals surface area contributed by atoms with Gasteiger partial charge in [-0.25, -0.2) is 0 Å². The van der Waals surface area contributed by atoms with Crippen LogP contribution >= 0.6 is 11.8 Å². The van der Waals surface area contributed by atoms with E-state index in [1.54, 1.807) is 0 Å². The van der Waals surface area contributed by atoms with Gasteiger partial charge in [-0.05, 0) is 43.7 Å². The molecule has 106 valence electrons. The van der Waals surface area contributed by atoms with Crippen molar-refractivity contribution in [2.24, 2.45) is 0 Å². The van der Waals surface area contributed by atoms with Crippen molar-refractivity contribution in [3.63, 3.8) is 0 Å². The van der Waals surface area contributed by atoms with Gasteiger partial charge in [0.2, 0.25) is 0 Å². The fourth-order valence-electron chi connectivity index (χ4n) is 2.36. The SMILES string of the molecule is CCC(NCC(C)(C)SC)c1ccc2c(c1)CCO2. The fraction of sp³-hybridized carbons (Fsp3) is 0.625. The van der Waals surface area contributed by atoms with Crippen molar-refractivity contribution in [1.82, 2.24) is 5.32 Å². The van der Waals surface area contributed by atoms with Gasteiger partial charge in [-0.15, -0.1) is 0 Å². The lowest BCUT2D eigenvalue weighted by Crippen LogP contribution is -2.34. The number of thioether (sulfide) groups is 1. The molecular weight excluding hydrogens is 254 g/mol. The molecule has 1 N–H and O–H groups in total. The Morgan fingerprint density at radius 2 is 2.21 bits per heavy atom. The predicted molar refractivity (Wildman–Crippen MR) is 84.3 cm³/mol. The van der Waals surface area contributed by atoms with Gasteiger partial charge in [0.1, 0.15) is 5.75 Å². The summed E-state index contributed by atoms with van der Waals surface area (Å²) in [5.74, 6) is 1.07. The highest BCUT2D eigenvalue weighted by molar-refractivity contribution is 7.99. The molecular formula is C16H25NOS. The Kier molecular flexibility index (Phi) is 4.80. The van der Waals surface area contributed by atoms with Crippen molar-refractivity contribution in [2.75, 3.05) is 19.4 Å². The first-order valence-electron chi connectivity index (χ1n) is 7.10. The quantitative estimate of drug-likeness (QED) is 0.855. The Bertz CT molecular complexity index is 431. The number of ether oxygens (including phenoxy) is 1. The Morgan fingerprint density at radius 3 is 2.89 bits per heavy atom. The highest BCUT2D eigenvalue weighted by atomic mass is 32.2. The molecule has 0 saturated heterocycles. The van der Waals surface area contributed by atoms with E-state index < -0.39 is 0 Å². The molecule has 0 bridgehead atoms. The zero-order valence-electron chi connectivity index (χ0n) is 12.5. The summed E-state index contributed by atoms with van der Waals surface area (Å²) < 4.78 is 5.86. The Balaban J connectivity index is 2.05. The number of rotatable bonds is 6. The minimum Gasteiger partial charge on any atom is -0.493 e. The molecule has 1 heterocycles. The number of fused-ring (bicyclic) bond motifs is 1. The fourth-order valence-corrected chi connectivity index (χ4v) is 2.59. The summed E-state index contributed by atoms with van der Waals surface area (Å²) in [6, 6.07) is 7.09. The van der Waals surface area contributed by atoms with Gasteiger partial charge >= 0.3 is 0 Å². The normalized spacial score (nSPS) is 16.0. The summed E-state index contributed by atoms with van der Waals surface area (Å²) in [6.45, 7) is 8.68. The number of hydrogen-bond acceptors (Lipinski definition) is 3. The van der Waals surface area contributed by atoms with E-state index in [4.69, 9.17) is 4.74 Å². The summed E-state index contributed by atoms with van der Waals surface area (Å²) in [5, 5.41) is 3.71. The summed E-state index contributed by atoms with van der Waals surface area (Å²) in [6.07, 6.45) is 4.34. The molecule has 0 radical (unpaired) electrons. The molecule has 2 nitrogen and oxygen atoms in total. The third kappa shape index (κ3) is 3.67. The largest absolute Gasteiger partial charge is 0.493 e. The van der Waals surface area contributed by atoms with E-state index in [9.17, 15) is 0 Å². The molecule has 0 amide bonds. The van der Waals surface area contributed by atoms with Crippen LogP contribution in [0.4, 0.5) is 0 Å². The molecule has 0 aliphatic carbocycles. The van der Waals surface area contributed by atoms with Crippen LogP contribution in [0.15, 0.2) is 18.2 Å². The first kappa shape index (κ1) is 14.7. The van der Waals surface area contributed by atoms with E-state index in [2.05, 4.69) is 50.5 Å². The lowest BCUT2D eigenvalue weighted by atomic mass is 10.00. The Hall–Kier alpha value is -0.670. The second kappa shape index (κ2) is 6.19. The van der Waals surface area contributed by atoms with Crippen LogP contribution in [0.1, 0.15) is 44.4 Å². The predicted octanol–water partition coefficient (Wildman–Crippen LogP) is 3.80. The second-order valence-electron chi connectivity index (χ2n) is 5.77. The van der Waals surface area contributed by atoms with Crippen LogP contribution in [-0.2, 0) is 6.42 Å². The van der Waals surface area contributed by atoms with Crippen LogP contribution in [0.3, 0.4) is 0 Å². The highest BCUT2D eigenvalue weighted by Gasteiger charge is 2.20. The maximum absolute atomic E-state index is 5.57. The van der Waals surface area contributed by atoms with E-state index in [0.717, 1.165) is 31.7 Å². The van der Waals surface area contributed by atoms with Gasteiger partial charge < -0.3 is 10.1 Å². The molecule has 0 aromatic heterocycles. The van der Waals surface area contributed by atoms with Crippen LogP contribution in [0.25, 0.3) is 0 Å². The minimum absolute atomic E-state index is 0.285. The van der Waals surface area contributed by atoms with Gasteiger partial charge in [-0.1, -0.05) is 19.1 Å². The van der Waals surface area contributed by atoms with Crippen LogP contribution in [0.5, 0.6) is 5.75 Å². The second-order valence-corrected chi connectivity index (χ2v) is 7.28. The number of benzene rings is 1. The molecule has 19 heavy (non-hydrogen) atoms. The summed E-state index contributed by atoms with van der Waals surface area (Å²) in [7, 11) is 0. The van der Waals surface area contributed by atoms with E-state index in [1.165, 1.54) is 11.1 Å². The number of hydrogen-bond donors (Lipinski definition) is 1. The Morgan fingerprint density at radius 1 is 1.42 bits per heavy atom. The lowest BCUT2D eigenvalue weighted by molar-refractivity contribution is 0.356. The third-order valence-corrected chi connectivity index (χ3v) is 5.10. The third-order valence-electron chi connectivity index (χ3n) is 3.85. The van der Waals surface area contributed by atoms with Gasteiger partial charge in [0.25, 0.3) is 0 Å². The van der Waals surface area contributed by atoms with Crippen molar-refractivity contribution in [3.8, 4) is 5.75 Å². The van der Waals surface area contributed by atoms with Gasteiger partial charge in [0.05, 0.1) is 6.61 Å². The summed E-state index contributed by atoms with van der Waals surface area (Å²) in [4.78, 5) is 0. The summed E-state index contributed by atoms with van der Waals surface area (Å²) >= 11 is 1.91. The van der Waals surface area contributed by atoms with Gasteiger partial charge in [0, 0.05) is 23.8 Å². The maximum Gasteiger partial charge on any atom is 0.122 e. The zero-order valence-corrected chi connectivity index (χ0v) is 13.3. The van der Waals surface area contributed by atoms with E-state index in [1.807, 2.05) is 11.8 Å². The first-order valence-corrected chi connectivity index (χ1v) is 8.32. The van der Waals surface area contributed by atoms with Crippen LogP contribution in [0, 0.1) is 0 Å². The van der Waals surface area contributed by atoms with Gasteiger partial charge in [-0.2, -0.15) is 11.8 Å². The maximum atomic E-state index is 5.57. The number of nitrogens with one attached hydrogen (secondary N) is 1. The van der Waals surface area contributed by atoms with Crippen molar-refractivity contribution < 1.29 is 4.74 Å². The molecule has 3 heteroatoms. The molecule has 1 aromatic carbocycles. The molecule has 1 aliphatic heterocycles. The van der Waals surface area contributed by atoms with Crippen LogP contribution in [-0.4, -0.2) is 24.2 Å². The molecule has 0 spiro atoms. The average Bonchev–Trinajstić information content (AvgIpc) is 2.87. The molecule has 2 rings (SSSR count). The molecule has 1 aliphatic rings. The minimum atomic E-state index is 0.285. The van der Waals surface area contributed by atoms with Crippen molar-refractivity contribution >= 4 is 11.8 Å². The molecule has 1 unspecified atom stereocenters. The first-order chi connectivity index (χ1) is 9.05. The van der Waals surface area contributed by atoms with Crippen molar-refractivity contribution in [2.45, 2.75) is 44.4 Å². The monoisotopic (exact) mass is 279 g/mol. The topological polar surface area (TPSA) is 21.3 Å². The smallest absolute Gasteiger partial charge is 0.122 e.